The van der Waals surface area contributed by atoms with Crippen molar-refractivity contribution < 1.29 is 10.2 Å². The van der Waals surface area contributed by atoms with Crippen LogP contribution in [0.25, 0.3) is 0 Å². The maximum Gasteiger partial charge on any atom is 0.0545 e. The highest BCUT2D eigenvalue weighted by atomic mass is 16.3. The van der Waals surface area contributed by atoms with Crippen LogP contribution < -0.4 is 0 Å². The van der Waals surface area contributed by atoms with Gasteiger partial charge in [-0.3, -0.25) is 0 Å². The fourth-order valence-electron chi connectivity index (χ4n) is 8.07. The van der Waals surface area contributed by atoms with Crippen molar-refractivity contribution in [1.29, 1.82) is 0 Å². The number of fused-ring (bicyclic) bond motifs is 5. The van der Waals surface area contributed by atoms with Gasteiger partial charge in [0.2, 0.25) is 0 Å². The summed E-state index contributed by atoms with van der Waals surface area (Å²) < 4.78 is 0. The lowest BCUT2D eigenvalue weighted by Gasteiger charge is -2.61. The molecular formula is C21H36O2. The average Bonchev–Trinajstić information content (AvgIpc) is 2.85. The molecule has 4 rings (SSSR count). The quantitative estimate of drug-likeness (QED) is 0.752. The van der Waals surface area contributed by atoms with E-state index in [1.807, 2.05) is 6.92 Å². The molecule has 23 heavy (non-hydrogen) atoms. The van der Waals surface area contributed by atoms with Crippen molar-refractivity contribution in [2.45, 2.75) is 90.8 Å². The molecule has 0 radical (unpaired) electrons. The zero-order valence-electron chi connectivity index (χ0n) is 15.3. The van der Waals surface area contributed by atoms with E-state index in [2.05, 4.69) is 13.8 Å². The fraction of sp³-hybridized carbons (Fsp3) is 1.00. The van der Waals surface area contributed by atoms with Gasteiger partial charge in [-0.2, -0.15) is 0 Å². The van der Waals surface area contributed by atoms with Crippen molar-refractivity contribution in [3.8, 4) is 0 Å². The first kappa shape index (κ1) is 16.4. The minimum Gasteiger partial charge on any atom is -0.393 e. The third-order valence-corrected chi connectivity index (χ3v) is 9.29. The van der Waals surface area contributed by atoms with Crippen LogP contribution in [-0.4, -0.2) is 22.4 Å². The van der Waals surface area contributed by atoms with Crippen molar-refractivity contribution in [2.24, 2.45) is 40.4 Å². The van der Waals surface area contributed by atoms with Crippen LogP contribution in [0.5, 0.6) is 0 Å². The topological polar surface area (TPSA) is 40.5 Å². The Balaban J connectivity index is 1.60. The number of aliphatic hydroxyl groups is 2. The van der Waals surface area contributed by atoms with Gasteiger partial charge >= 0.3 is 0 Å². The lowest BCUT2D eigenvalue weighted by atomic mass is 9.44. The zero-order valence-corrected chi connectivity index (χ0v) is 15.3. The molecule has 2 nitrogen and oxygen atoms in total. The summed E-state index contributed by atoms with van der Waals surface area (Å²) in [5, 5.41) is 20.4. The monoisotopic (exact) mass is 320 g/mol. The lowest BCUT2D eigenvalue weighted by Crippen LogP contribution is -2.54. The SMILES string of the molecule is CC(O)[C@H]1CC[C@H]2[C@@H]3CC[C@H]4C[C@H](O)CC[C@]4(C)[C@H]3CC[C@]12C. The Labute approximate surface area is 142 Å². The molecular weight excluding hydrogens is 284 g/mol. The molecule has 4 saturated carbocycles. The summed E-state index contributed by atoms with van der Waals surface area (Å²) in [5.41, 5.74) is 0.860. The maximum atomic E-state index is 10.3. The first-order chi connectivity index (χ1) is 10.9. The van der Waals surface area contributed by atoms with E-state index in [9.17, 15) is 10.2 Å². The van der Waals surface area contributed by atoms with Gasteiger partial charge in [0.05, 0.1) is 12.2 Å². The first-order valence-corrected chi connectivity index (χ1v) is 10.2. The average molecular weight is 321 g/mol. The highest BCUT2D eigenvalue weighted by Gasteiger charge is 2.60. The van der Waals surface area contributed by atoms with Gasteiger partial charge in [0.25, 0.3) is 0 Å². The van der Waals surface area contributed by atoms with Crippen LogP contribution >= 0.6 is 0 Å². The molecule has 9 atom stereocenters. The molecule has 0 bridgehead atoms. The van der Waals surface area contributed by atoms with E-state index in [0.29, 0.717) is 16.7 Å². The zero-order chi connectivity index (χ0) is 16.4. The summed E-state index contributed by atoms with van der Waals surface area (Å²) in [4.78, 5) is 0. The van der Waals surface area contributed by atoms with Crippen molar-refractivity contribution in [1.82, 2.24) is 0 Å². The van der Waals surface area contributed by atoms with E-state index >= 15 is 0 Å². The largest absolute Gasteiger partial charge is 0.393 e. The molecule has 0 aromatic carbocycles. The molecule has 2 N–H and O–H groups in total. The van der Waals surface area contributed by atoms with E-state index < -0.39 is 0 Å². The molecule has 0 aromatic rings. The van der Waals surface area contributed by atoms with Gasteiger partial charge in [0.15, 0.2) is 0 Å². The van der Waals surface area contributed by atoms with Crippen LogP contribution in [0.15, 0.2) is 0 Å². The summed E-state index contributed by atoms with van der Waals surface area (Å²) in [6.07, 6.45) is 11.1. The van der Waals surface area contributed by atoms with E-state index in [1.165, 1.54) is 44.9 Å². The van der Waals surface area contributed by atoms with Crippen molar-refractivity contribution in [3.63, 3.8) is 0 Å². The summed E-state index contributed by atoms with van der Waals surface area (Å²) in [6.45, 7) is 7.08. The molecule has 0 saturated heterocycles. The van der Waals surface area contributed by atoms with Gasteiger partial charge in [-0.15, -0.1) is 0 Å². The third-order valence-electron chi connectivity index (χ3n) is 9.29. The number of hydrogen-bond donors (Lipinski definition) is 2. The Morgan fingerprint density at radius 3 is 2.30 bits per heavy atom. The molecule has 1 unspecified atom stereocenters. The molecule has 0 heterocycles. The maximum absolute atomic E-state index is 10.3. The highest BCUT2D eigenvalue weighted by molar-refractivity contribution is 5.09. The molecule has 0 aromatic heterocycles. The normalized spacial score (nSPS) is 57.3. The summed E-state index contributed by atoms with van der Waals surface area (Å²) in [7, 11) is 0. The van der Waals surface area contributed by atoms with Crippen LogP contribution in [0.3, 0.4) is 0 Å². The van der Waals surface area contributed by atoms with Crippen LogP contribution in [0.4, 0.5) is 0 Å². The highest BCUT2D eigenvalue weighted by Crippen LogP contribution is 2.67. The van der Waals surface area contributed by atoms with E-state index in [4.69, 9.17) is 0 Å². The van der Waals surface area contributed by atoms with Crippen molar-refractivity contribution in [3.05, 3.63) is 0 Å². The second-order valence-corrected chi connectivity index (χ2v) is 10.1. The van der Waals surface area contributed by atoms with Crippen LogP contribution in [0.1, 0.15) is 78.6 Å². The Morgan fingerprint density at radius 1 is 0.870 bits per heavy atom. The number of rotatable bonds is 1. The number of aliphatic hydroxyl groups excluding tert-OH is 2. The predicted molar refractivity (Wildman–Crippen MR) is 92.9 cm³/mol. The molecule has 4 aliphatic carbocycles. The van der Waals surface area contributed by atoms with Gasteiger partial charge < -0.3 is 10.2 Å². The van der Waals surface area contributed by atoms with Gasteiger partial charge in [0, 0.05) is 0 Å². The smallest absolute Gasteiger partial charge is 0.0545 e. The molecule has 0 amide bonds. The third kappa shape index (κ3) is 2.27. The van der Waals surface area contributed by atoms with E-state index in [-0.39, 0.29) is 12.2 Å². The van der Waals surface area contributed by atoms with Gasteiger partial charge in [0.1, 0.15) is 0 Å². The molecule has 4 aliphatic rings. The Morgan fingerprint density at radius 2 is 1.57 bits per heavy atom. The van der Waals surface area contributed by atoms with Crippen LogP contribution in [0.2, 0.25) is 0 Å². The predicted octanol–water partition coefficient (Wildman–Crippen LogP) is 4.39. The Hall–Kier alpha value is -0.0800. The summed E-state index contributed by atoms with van der Waals surface area (Å²) in [6, 6.07) is 0. The molecule has 132 valence electrons. The Kier molecular flexibility index (Phi) is 3.89. The number of hydrogen-bond acceptors (Lipinski definition) is 2. The van der Waals surface area contributed by atoms with Gasteiger partial charge in [-0.25, -0.2) is 0 Å². The summed E-state index contributed by atoms with van der Waals surface area (Å²) >= 11 is 0. The van der Waals surface area contributed by atoms with Gasteiger partial charge in [-0.1, -0.05) is 13.8 Å². The molecule has 4 fully saturated rings. The van der Waals surface area contributed by atoms with Crippen molar-refractivity contribution in [2.75, 3.05) is 0 Å². The summed E-state index contributed by atoms with van der Waals surface area (Å²) in [5.74, 6) is 3.87. The first-order valence-electron chi connectivity index (χ1n) is 10.2. The molecule has 0 aliphatic heterocycles. The standard InChI is InChI=1S/C21H36O2/c1-13(22)17-6-7-18-16-5-4-14-12-15(23)8-10-20(14,2)19(16)9-11-21(17,18)3/h13-19,22-23H,4-12H2,1-3H3/t13?,14-,15+,16-,17+,18-,19-,20-,21+/m0/s1. The molecule has 0 spiro atoms. The Bertz CT molecular complexity index is 461. The lowest BCUT2D eigenvalue weighted by molar-refractivity contribution is -0.132. The van der Waals surface area contributed by atoms with Gasteiger partial charge in [-0.05, 0) is 105 Å². The van der Waals surface area contributed by atoms with E-state index in [0.717, 1.165) is 36.5 Å². The van der Waals surface area contributed by atoms with Crippen LogP contribution in [0, 0.1) is 40.4 Å². The fourth-order valence-corrected chi connectivity index (χ4v) is 8.07. The minimum atomic E-state index is -0.140. The second-order valence-electron chi connectivity index (χ2n) is 10.1. The molecule has 2 heteroatoms. The van der Waals surface area contributed by atoms with Crippen molar-refractivity contribution >= 4 is 0 Å². The van der Waals surface area contributed by atoms with Crippen LogP contribution in [-0.2, 0) is 0 Å². The van der Waals surface area contributed by atoms with E-state index in [1.54, 1.807) is 0 Å². The second kappa shape index (κ2) is 5.46. The minimum absolute atomic E-state index is 0.0374.